The number of rotatable bonds is 8. The second kappa shape index (κ2) is 10.2. The summed E-state index contributed by atoms with van der Waals surface area (Å²) in [5.41, 5.74) is 1.91. The molecule has 166 valence electrons. The molecule has 0 bridgehead atoms. The van der Waals surface area contributed by atoms with Gasteiger partial charge in [0.2, 0.25) is 0 Å². The number of hydrogen-bond donors (Lipinski definition) is 1. The van der Waals surface area contributed by atoms with Crippen molar-refractivity contribution in [2.45, 2.75) is 23.1 Å². The molecule has 0 aliphatic rings. The zero-order valence-electron chi connectivity index (χ0n) is 17.4. The van der Waals surface area contributed by atoms with Gasteiger partial charge < -0.3 is 14.8 Å². The Morgan fingerprint density at radius 2 is 2.00 bits per heavy atom. The molecule has 1 N–H and O–H groups in total. The van der Waals surface area contributed by atoms with Crippen molar-refractivity contribution in [1.29, 1.82) is 0 Å². The van der Waals surface area contributed by atoms with Gasteiger partial charge in [0.25, 0.3) is 11.6 Å². The molecule has 1 heterocycles. The minimum atomic E-state index is -0.846. The van der Waals surface area contributed by atoms with Crippen LogP contribution in [-0.2, 0) is 9.53 Å². The zero-order valence-corrected chi connectivity index (χ0v) is 19.0. The van der Waals surface area contributed by atoms with Crippen LogP contribution in [0.3, 0.4) is 0 Å². The van der Waals surface area contributed by atoms with Crippen LogP contribution in [0.4, 0.5) is 11.4 Å². The molecule has 0 aliphatic heterocycles. The minimum absolute atomic E-state index is 0.0303. The van der Waals surface area contributed by atoms with Gasteiger partial charge in [-0.15, -0.1) is 11.3 Å². The summed E-state index contributed by atoms with van der Waals surface area (Å²) in [7, 11) is 1.48. The van der Waals surface area contributed by atoms with Gasteiger partial charge in [-0.1, -0.05) is 17.8 Å². The number of ether oxygens (including phenoxy) is 2. The monoisotopic (exact) mass is 473 g/mol. The van der Waals surface area contributed by atoms with Gasteiger partial charge in [0, 0.05) is 17.1 Å². The Morgan fingerprint density at radius 1 is 1.22 bits per heavy atom. The highest BCUT2D eigenvalue weighted by atomic mass is 32.2. The fraction of sp³-hybridized carbons (Fsp3) is 0.190. The number of aryl methyl sites for hydroxylation is 2. The van der Waals surface area contributed by atoms with Gasteiger partial charge in [-0.3, -0.25) is 14.9 Å². The molecular weight excluding hydrogens is 454 g/mol. The van der Waals surface area contributed by atoms with Gasteiger partial charge in [-0.25, -0.2) is 9.78 Å². The summed E-state index contributed by atoms with van der Waals surface area (Å²) in [4.78, 5) is 40.1. The summed E-state index contributed by atoms with van der Waals surface area (Å²) in [6, 6.07) is 9.28. The van der Waals surface area contributed by atoms with Crippen LogP contribution in [-0.4, -0.2) is 35.5 Å². The molecule has 0 aliphatic carbocycles. The topological polar surface area (TPSA) is 121 Å². The van der Waals surface area contributed by atoms with E-state index >= 15 is 0 Å². The van der Waals surface area contributed by atoms with Crippen molar-refractivity contribution in [2.24, 2.45) is 0 Å². The summed E-state index contributed by atoms with van der Waals surface area (Å²) >= 11 is 2.52. The minimum Gasteiger partial charge on any atom is -0.495 e. The van der Waals surface area contributed by atoms with E-state index in [0.29, 0.717) is 20.7 Å². The number of nitrogens with zero attached hydrogens (tertiary/aromatic N) is 2. The van der Waals surface area contributed by atoms with Gasteiger partial charge in [-0.05, 0) is 43.7 Å². The summed E-state index contributed by atoms with van der Waals surface area (Å²) in [5, 5.41) is 16.0. The number of carbonyl (C=O) groups is 2. The maximum Gasteiger partial charge on any atom is 0.338 e. The Morgan fingerprint density at radius 3 is 2.66 bits per heavy atom. The highest BCUT2D eigenvalue weighted by molar-refractivity contribution is 8.01. The first kappa shape index (κ1) is 23.2. The quantitative estimate of drug-likeness (QED) is 0.286. The number of anilines is 1. The fourth-order valence-corrected chi connectivity index (χ4v) is 4.55. The van der Waals surface area contributed by atoms with Crippen LogP contribution in [0, 0.1) is 24.0 Å². The first-order valence-electron chi connectivity index (χ1n) is 9.27. The number of nitro groups is 1. The largest absolute Gasteiger partial charge is 0.495 e. The van der Waals surface area contributed by atoms with Crippen molar-refractivity contribution in [1.82, 2.24) is 4.98 Å². The normalized spacial score (nSPS) is 10.5. The SMILES string of the molecule is COc1ccc(C)cc1NC(=O)COC(=O)c1ccc(Sc2nc(C)cs2)c([N+](=O)[O-])c1. The van der Waals surface area contributed by atoms with Gasteiger partial charge in [0.05, 0.1) is 28.2 Å². The van der Waals surface area contributed by atoms with Gasteiger partial charge >= 0.3 is 5.97 Å². The number of thiazole rings is 1. The predicted octanol–water partition coefficient (Wildman–Crippen LogP) is 4.62. The van der Waals surface area contributed by atoms with Gasteiger partial charge in [0.15, 0.2) is 10.9 Å². The molecule has 0 saturated heterocycles. The second-order valence-corrected chi connectivity index (χ2v) is 8.77. The summed E-state index contributed by atoms with van der Waals surface area (Å²) in [6.45, 7) is 3.14. The highest BCUT2D eigenvalue weighted by Gasteiger charge is 2.21. The Bertz CT molecular complexity index is 1180. The molecule has 1 aromatic heterocycles. The average molecular weight is 474 g/mol. The lowest BCUT2D eigenvalue weighted by Gasteiger charge is -2.11. The van der Waals surface area contributed by atoms with E-state index in [9.17, 15) is 19.7 Å². The molecule has 3 rings (SSSR count). The van der Waals surface area contributed by atoms with Crippen molar-refractivity contribution in [2.75, 3.05) is 19.0 Å². The molecule has 0 spiro atoms. The standard InChI is InChI=1S/C21H19N3O6S2/c1-12-4-6-17(29-3)15(8-12)23-19(25)10-30-20(26)14-5-7-18(16(9-14)24(27)28)32-21-22-13(2)11-31-21/h4-9,11H,10H2,1-3H3,(H,23,25). The first-order chi connectivity index (χ1) is 15.3. The summed E-state index contributed by atoms with van der Waals surface area (Å²) < 4.78 is 10.9. The van der Waals surface area contributed by atoms with Crippen LogP contribution in [0.15, 0.2) is 51.0 Å². The van der Waals surface area contributed by atoms with Gasteiger partial charge in [-0.2, -0.15) is 0 Å². The van der Waals surface area contributed by atoms with Crippen LogP contribution in [0.5, 0.6) is 5.75 Å². The van der Waals surface area contributed by atoms with Crippen molar-refractivity contribution < 1.29 is 24.0 Å². The molecule has 0 fully saturated rings. The molecule has 2 aromatic carbocycles. The van der Waals surface area contributed by atoms with E-state index in [0.717, 1.165) is 29.1 Å². The molecule has 0 atom stereocenters. The number of benzene rings is 2. The van der Waals surface area contributed by atoms with E-state index in [1.807, 2.05) is 25.3 Å². The van der Waals surface area contributed by atoms with Crippen LogP contribution >= 0.6 is 23.1 Å². The summed E-state index contributed by atoms with van der Waals surface area (Å²) in [6.07, 6.45) is 0. The number of nitrogens with one attached hydrogen (secondary N) is 1. The summed E-state index contributed by atoms with van der Waals surface area (Å²) in [5.74, 6) is -0.946. The van der Waals surface area contributed by atoms with Crippen LogP contribution in [0.2, 0.25) is 0 Å². The molecule has 0 saturated carbocycles. The Labute approximate surface area is 191 Å². The van der Waals surface area contributed by atoms with E-state index < -0.39 is 23.4 Å². The van der Waals surface area contributed by atoms with Crippen molar-refractivity contribution in [3.63, 3.8) is 0 Å². The van der Waals surface area contributed by atoms with E-state index in [2.05, 4.69) is 10.3 Å². The number of carbonyl (C=O) groups excluding carboxylic acids is 2. The number of esters is 1. The zero-order chi connectivity index (χ0) is 23.3. The second-order valence-electron chi connectivity index (χ2n) is 6.62. The first-order valence-corrected chi connectivity index (χ1v) is 11.0. The lowest BCUT2D eigenvalue weighted by molar-refractivity contribution is -0.387. The Balaban J connectivity index is 1.67. The van der Waals surface area contributed by atoms with Crippen LogP contribution in [0.1, 0.15) is 21.6 Å². The lowest BCUT2D eigenvalue weighted by atomic mass is 10.2. The molecule has 0 radical (unpaired) electrons. The van der Waals surface area contributed by atoms with E-state index in [4.69, 9.17) is 9.47 Å². The van der Waals surface area contributed by atoms with E-state index in [1.165, 1.54) is 30.6 Å². The number of hydrogen-bond acceptors (Lipinski definition) is 9. The van der Waals surface area contributed by atoms with E-state index in [-0.39, 0.29) is 11.3 Å². The molecule has 11 heteroatoms. The lowest BCUT2D eigenvalue weighted by Crippen LogP contribution is -2.21. The van der Waals surface area contributed by atoms with Crippen LogP contribution in [0.25, 0.3) is 0 Å². The number of methoxy groups -OCH3 is 1. The predicted molar refractivity (Wildman–Crippen MR) is 121 cm³/mol. The smallest absolute Gasteiger partial charge is 0.338 e. The third kappa shape index (κ3) is 5.83. The number of aromatic nitrogens is 1. The van der Waals surface area contributed by atoms with E-state index in [1.54, 1.807) is 12.1 Å². The maximum absolute atomic E-state index is 12.4. The van der Waals surface area contributed by atoms with Crippen molar-refractivity contribution in [3.8, 4) is 5.75 Å². The van der Waals surface area contributed by atoms with Crippen LogP contribution < -0.4 is 10.1 Å². The average Bonchev–Trinajstić information content (AvgIpc) is 3.17. The molecule has 32 heavy (non-hydrogen) atoms. The fourth-order valence-electron chi connectivity index (χ4n) is 2.67. The van der Waals surface area contributed by atoms with Crippen molar-refractivity contribution >= 4 is 46.3 Å². The number of nitro benzene ring substituents is 1. The molecule has 3 aromatic rings. The molecular formula is C21H19N3O6S2. The molecule has 0 unspecified atom stereocenters. The van der Waals surface area contributed by atoms with Crippen molar-refractivity contribution in [3.05, 3.63) is 68.7 Å². The Kier molecular flexibility index (Phi) is 7.44. The third-order valence-corrected chi connectivity index (χ3v) is 6.27. The number of amides is 1. The molecule has 9 nitrogen and oxygen atoms in total. The molecule has 1 amide bonds. The third-order valence-electron chi connectivity index (χ3n) is 4.15. The van der Waals surface area contributed by atoms with Gasteiger partial charge in [0.1, 0.15) is 5.75 Å². The highest BCUT2D eigenvalue weighted by Crippen LogP contribution is 2.37. The Hall–Kier alpha value is -3.44. The maximum atomic E-state index is 12.4.